The number of carbonyl (C=O) groups is 2. The Morgan fingerprint density at radius 3 is 2.48 bits per heavy atom. The molecule has 0 aliphatic heterocycles. The van der Waals surface area contributed by atoms with Crippen molar-refractivity contribution in [2.75, 3.05) is 30.4 Å². The van der Waals surface area contributed by atoms with E-state index in [0.717, 1.165) is 0 Å². The van der Waals surface area contributed by atoms with Crippen molar-refractivity contribution in [3.8, 4) is 0 Å². The number of hydrogen-bond donors (Lipinski definition) is 1. The topological polar surface area (TPSA) is 127 Å². The lowest BCUT2D eigenvalue weighted by Gasteiger charge is -2.24. The second kappa shape index (κ2) is 10.2. The van der Waals surface area contributed by atoms with Crippen molar-refractivity contribution in [3.05, 3.63) is 52.6 Å². The fourth-order valence-electron chi connectivity index (χ4n) is 3.63. The highest BCUT2D eigenvalue weighted by atomic mass is 16.2. The molecule has 0 aromatic carbocycles. The maximum atomic E-state index is 13.7. The van der Waals surface area contributed by atoms with Crippen molar-refractivity contribution in [2.45, 2.75) is 39.2 Å². The summed E-state index contributed by atoms with van der Waals surface area (Å²) in [6, 6.07) is 8.58. The van der Waals surface area contributed by atoms with Crippen LogP contribution in [0.15, 0.2) is 41.3 Å². The van der Waals surface area contributed by atoms with Crippen molar-refractivity contribution < 1.29 is 9.59 Å². The molecule has 0 bridgehead atoms. The van der Waals surface area contributed by atoms with Crippen LogP contribution in [0.2, 0.25) is 0 Å². The van der Waals surface area contributed by atoms with Crippen LogP contribution in [-0.4, -0.2) is 52.0 Å². The van der Waals surface area contributed by atoms with Crippen LogP contribution in [0.1, 0.15) is 44.8 Å². The van der Waals surface area contributed by atoms with E-state index in [4.69, 9.17) is 5.73 Å². The third-order valence-electron chi connectivity index (χ3n) is 5.51. The fourth-order valence-corrected chi connectivity index (χ4v) is 3.63. The first kappa shape index (κ1) is 23.8. The van der Waals surface area contributed by atoms with Gasteiger partial charge in [-0.1, -0.05) is 19.9 Å². The molecule has 0 spiro atoms. The molecule has 0 radical (unpaired) electrons. The van der Waals surface area contributed by atoms with Gasteiger partial charge in [0.2, 0.25) is 11.8 Å². The molecule has 174 valence electrons. The zero-order chi connectivity index (χ0) is 24.1. The number of fused-ring (bicyclic) bond motifs is 1. The summed E-state index contributed by atoms with van der Waals surface area (Å²) in [4.78, 5) is 53.9. The van der Waals surface area contributed by atoms with E-state index in [9.17, 15) is 14.4 Å². The van der Waals surface area contributed by atoms with Gasteiger partial charge in [-0.2, -0.15) is 0 Å². The van der Waals surface area contributed by atoms with Gasteiger partial charge in [0.1, 0.15) is 11.3 Å². The van der Waals surface area contributed by atoms with Gasteiger partial charge in [-0.05, 0) is 30.7 Å². The first-order chi connectivity index (χ1) is 15.8. The van der Waals surface area contributed by atoms with Crippen LogP contribution in [0.25, 0.3) is 11.2 Å². The lowest BCUT2D eigenvalue weighted by Crippen LogP contribution is -2.35. The Bertz CT molecular complexity index is 1210. The van der Waals surface area contributed by atoms with Crippen molar-refractivity contribution in [1.82, 2.24) is 19.5 Å². The molecule has 10 nitrogen and oxygen atoms in total. The first-order valence-corrected chi connectivity index (χ1v) is 10.9. The van der Waals surface area contributed by atoms with Crippen LogP contribution in [0, 0.1) is 0 Å². The van der Waals surface area contributed by atoms with E-state index in [0.29, 0.717) is 35.5 Å². The van der Waals surface area contributed by atoms with Gasteiger partial charge >= 0.3 is 0 Å². The second-order valence-electron chi connectivity index (χ2n) is 7.75. The minimum Gasteiger partial charge on any atom is -0.370 e. The highest BCUT2D eigenvalue weighted by Crippen LogP contribution is 2.25. The van der Waals surface area contributed by atoms with Gasteiger partial charge in [0, 0.05) is 39.7 Å². The van der Waals surface area contributed by atoms with Gasteiger partial charge in [0.25, 0.3) is 5.56 Å². The number of amides is 2. The Morgan fingerprint density at radius 2 is 1.88 bits per heavy atom. The molecule has 3 aromatic rings. The molecule has 33 heavy (non-hydrogen) atoms. The smallest absolute Gasteiger partial charge is 0.295 e. The molecule has 0 saturated carbocycles. The third-order valence-corrected chi connectivity index (χ3v) is 5.51. The molecule has 0 saturated heterocycles. The van der Waals surface area contributed by atoms with E-state index in [2.05, 4.69) is 15.0 Å². The molecule has 2 N–H and O–H groups in total. The van der Waals surface area contributed by atoms with E-state index in [1.165, 1.54) is 4.90 Å². The number of anilines is 2. The normalized spacial score (nSPS) is 11.9. The zero-order valence-corrected chi connectivity index (χ0v) is 19.4. The average molecular weight is 452 g/mol. The van der Waals surface area contributed by atoms with Gasteiger partial charge < -0.3 is 10.6 Å². The standard InChI is InChI=1S/C23H29N7O3/c1-5-17(15-9-7-8-13-25-15)30-21-16(10-11-19(27-21)29(4)20(32)6-2)26-22(23(30)33)28(3)14-12-18(24)31/h7-11,13,17H,5-6,12,14H2,1-4H3,(H2,24,31)/t17-/m0/s1. The van der Waals surface area contributed by atoms with E-state index < -0.39 is 11.9 Å². The molecule has 3 heterocycles. The minimum absolute atomic E-state index is 0.0915. The Hall–Kier alpha value is -3.82. The Kier molecular flexibility index (Phi) is 7.37. The summed E-state index contributed by atoms with van der Waals surface area (Å²) < 4.78 is 1.58. The average Bonchev–Trinajstić information content (AvgIpc) is 2.83. The lowest BCUT2D eigenvalue weighted by molar-refractivity contribution is -0.118. The van der Waals surface area contributed by atoms with Gasteiger partial charge in [-0.25, -0.2) is 9.97 Å². The van der Waals surface area contributed by atoms with Crippen LogP contribution < -0.4 is 21.1 Å². The maximum absolute atomic E-state index is 13.7. The van der Waals surface area contributed by atoms with E-state index in [1.807, 2.05) is 25.1 Å². The quantitative estimate of drug-likeness (QED) is 0.526. The predicted molar refractivity (Wildman–Crippen MR) is 127 cm³/mol. The molecule has 0 aliphatic carbocycles. The Labute approximate surface area is 192 Å². The summed E-state index contributed by atoms with van der Waals surface area (Å²) in [7, 11) is 3.35. The number of nitrogens with two attached hydrogens (primary N) is 1. The number of pyridine rings is 2. The van der Waals surface area contributed by atoms with Crippen molar-refractivity contribution in [1.29, 1.82) is 0 Å². The van der Waals surface area contributed by atoms with E-state index in [1.54, 1.807) is 48.8 Å². The molecule has 0 aliphatic rings. The maximum Gasteiger partial charge on any atom is 0.295 e. The molecular formula is C23H29N7O3. The van der Waals surface area contributed by atoms with Gasteiger partial charge in [0.15, 0.2) is 11.5 Å². The molecule has 0 unspecified atom stereocenters. The summed E-state index contributed by atoms with van der Waals surface area (Å²) in [6.45, 7) is 3.99. The van der Waals surface area contributed by atoms with E-state index >= 15 is 0 Å². The van der Waals surface area contributed by atoms with Crippen molar-refractivity contribution in [3.63, 3.8) is 0 Å². The summed E-state index contributed by atoms with van der Waals surface area (Å²) in [5, 5.41) is 0. The number of aromatic nitrogens is 4. The third kappa shape index (κ3) is 5.00. The largest absolute Gasteiger partial charge is 0.370 e. The molecule has 3 rings (SSSR count). The summed E-state index contributed by atoms with van der Waals surface area (Å²) >= 11 is 0. The minimum atomic E-state index is -0.460. The fraction of sp³-hybridized carbons (Fsp3) is 0.391. The molecule has 3 aromatic heterocycles. The molecule has 1 atom stereocenters. The van der Waals surface area contributed by atoms with Crippen molar-refractivity contribution in [2.24, 2.45) is 5.73 Å². The molecular weight excluding hydrogens is 422 g/mol. The lowest BCUT2D eigenvalue weighted by atomic mass is 10.1. The SMILES string of the molecule is CCC(=O)N(C)c1ccc2nc(N(C)CCC(N)=O)c(=O)n([C@@H](CC)c3ccccn3)c2n1. The number of primary amides is 1. The van der Waals surface area contributed by atoms with E-state index in [-0.39, 0.29) is 30.2 Å². The summed E-state index contributed by atoms with van der Waals surface area (Å²) in [6.07, 6.45) is 2.68. The molecule has 10 heteroatoms. The van der Waals surface area contributed by atoms with Crippen LogP contribution >= 0.6 is 0 Å². The number of hydrogen-bond acceptors (Lipinski definition) is 7. The predicted octanol–water partition coefficient (Wildman–Crippen LogP) is 1.87. The van der Waals surface area contributed by atoms with Crippen LogP contribution in [0.4, 0.5) is 11.6 Å². The zero-order valence-electron chi connectivity index (χ0n) is 19.4. The van der Waals surface area contributed by atoms with Crippen LogP contribution in [0.5, 0.6) is 0 Å². The highest BCUT2D eigenvalue weighted by molar-refractivity contribution is 5.92. The van der Waals surface area contributed by atoms with Gasteiger partial charge in [0.05, 0.1) is 11.7 Å². The van der Waals surface area contributed by atoms with Crippen LogP contribution in [-0.2, 0) is 9.59 Å². The highest BCUT2D eigenvalue weighted by Gasteiger charge is 2.24. The first-order valence-electron chi connectivity index (χ1n) is 10.9. The monoisotopic (exact) mass is 451 g/mol. The Balaban J connectivity index is 2.27. The summed E-state index contributed by atoms with van der Waals surface area (Å²) in [5.74, 6) is 0.0572. The van der Waals surface area contributed by atoms with Crippen molar-refractivity contribution >= 4 is 34.6 Å². The Morgan fingerprint density at radius 1 is 1.12 bits per heavy atom. The second-order valence-corrected chi connectivity index (χ2v) is 7.75. The number of carbonyl (C=O) groups excluding carboxylic acids is 2. The molecule has 2 amide bonds. The van der Waals surface area contributed by atoms with Gasteiger partial charge in [-0.15, -0.1) is 0 Å². The summed E-state index contributed by atoms with van der Waals surface area (Å²) in [5.41, 5.74) is 6.49. The van der Waals surface area contributed by atoms with Crippen LogP contribution in [0.3, 0.4) is 0 Å². The number of nitrogens with zero attached hydrogens (tertiary/aromatic N) is 6. The number of rotatable bonds is 9. The molecule has 0 fully saturated rings. The van der Waals surface area contributed by atoms with Gasteiger partial charge in [-0.3, -0.25) is 28.8 Å².